The minimum atomic E-state index is -0.904. The van der Waals surface area contributed by atoms with Crippen LogP contribution in [0.25, 0.3) is 0 Å². The fraction of sp³-hybridized carbons (Fsp3) is 0.500. The SMILES string of the molecule is O=C(O)CCCc1cc(CCCC(=O)O)c(O)c(CCCC(=O)O)c1. The first-order chi connectivity index (χ1) is 11.8. The number of phenolic OH excluding ortho intramolecular Hbond substituents is 1. The molecular formula is C18H24O7. The summed E-state index contributed by atoms with van der Waals surface area (Å²) < 4.78 is 0. The summed E-state index contributed by atoms with van der Waals surface area (Å²) in [4.78, 5) is 31.9. The van der Waals surface area contributed by atoms with Gasteiger partial charge in [0.1, 0.15) is 5.75 Å². The smallest absolute Gasteiger partial charge is 0.303 e. The monoisotopic (exact) mass is 352 g/mol. The summed E-state index contributed by atoms with van der Waals surface area (Å²) in [5.74, 6) is -2.60. The molecule has 0 aliphatic rings. The average Bonchev–Trinajstić information content (AvgIpc) is 2.50. The summed E-state index contributed by atoms with van der Waals surface area (Å²) in [5.41, 5.74) is 2.12. The molecule has 0 aliphatic carbocycles. The minimum absolute atomic E-state index is 0.00295. The molecule has 25 heavy (non-hydrogen) atoms. The number of carboxylic acids is 3. The van der Waals surface area contributed by atoms with Gasteiger partial charge in [-0.25, -0.2) is 0 Å². The molecule has 7 heteroatoms. The van der Waals surface area contributed by atoms with Crippen LogP contribution in [0.2, 0.25) is 0 Å². The number of hydrogen-bond donors (Lipinski definition) is 4. The van der Waals surface area contributed by atoms with E-state index in [-0.39, 0.29) is 25.0 Å². The number of benzene rings is 1. The molecule has 0 unspecified atom stereocenters. The molecule has 1 rings (SSSR count). The number of aromatic hydroxyl groups is 1. The quantitative estimate of drug-likeness (QED) is 0.454. The topological polar surface area (TPSA) is 132 Å². The van der Waals surface area contributed by atoms with Crippen LogP contribution < -0.4 is 0 Å². The molecule has 0 bridgehead atoms. The van der Waals surface area contributed by atoms with Gasteiger partial charge in [0.25, 0.3) is 0 Å². The Morgan fingerprint density at radius 2 is 1.04 bits per heavy atom. The van der Waals surface area contributed by atoms with Crippen LogP contribution in [0.5, 0.6) is 5.75 Å². The molecule has 0 saturated heterocycles. The zero-order valence-corrected chi connectivity index (χ0v) is 14.0. The van der Waals surface area contributed by atoms with E-state index in [0.29, 0.717) is 49.7 Å². The van der Waals surface area contributed by atoms with Crippen LogP contribution in [0.3, 0.4) is 0 Å². The number of carboxylic acid groups (broad SMARTS) is 3. The normalized spacial score (nSPS) is 10.6. The van der Waals surface area contributed by atoms with Gasteiger partial charge in [0.2, 0.25) is 0 Å². The summed E-state index contributed by atoms with van der Waals surface area (Å²) in [6.07, 6.45) is 2.60. The number of aryl methyl sites for hydroxylation is 3. The van der Waals surface area contributed by atoms with Gasteiger partial charge in [0.15, 0.2) is 0 Å². The first-order valence-corrected chi connectivity index (χ1v) is 8.28. The van der Waals surface area contributed by atoms with E-state index >= 15 is 0 Å². The molecule has 1 aromatic carbocycles. The highest BCUT2D eigenvalue weighted by Crippen LogP contribution is 2.28. The van der Waals surface area contributed by atoms with Crippen molar-refractivity contribution in [1.82, 2.24) is 0 Å². The van der Waals surface area contributed by atoms with E-state index in [9.17, 15) is 19.5 Å². The summed E-state index contributed by atoms with van der Waals surface area (Å²) >= 11 is 0. The zero-order chi connectivity index (χ0) is 18.8. The fourth-order valence-corrected chi connectivity index (χ4v) is 2.66. The van der Waals surface area contributed by atoms with Gasteiger partial charge in [-0.2, -0.15) is 0 Å². The highest BCUT2D eigenvalue weighted by Gasteiger charge is 2.12. The van der Waals surface area contributed by atoms with Gasteiger partial charge in [0.05, 0.1) is 0 Å². The summed E-state index contributed by atoms with van der Waals surface area (Å²) in [6, 6.07) is 3.56. The maximum absolute atomic E-state index is 10.6. The van der Waals surface area contributed by atoms with Crippen LogP contribution >= 0.6 is 0 Å². The maximum Gasteiger partial charge on any atom is 0.303 e. The standard InChI is InChI=1S/C18H24O7/c19-15(20)7-1-4-12-10-13(5-2-8-16(21)22)18(25)14(11-12)6-3-9-17(23)24/h10-11,25H,1-9H2,(H,19,20)(H,21,22)(H,23,24). The highest BCUT2D eigenvalue weighted by molar-refractivity contribution is 5.67. The number of hydrogen-bond acceptors (Lipinski definition) is 4. The van der Waals surface area contributed by atoms with Crippen molar-refractivity contribution >= 4 is 17.9 Å². The lowest BCUT2D eigenvalue weighted by Crippen LogP contribution is -2.02. The second-order valence-electron chi connectivity index (χ2n) is 6.00. The van der Waals surface area contributed by atoms with Gasteiger partial charge in [-0.1, -0.05) is 12.1 Å². The molecule has 0 radical (unpaired) electrons. The average molecular weight is 352 g/mol. The van der Waals surface area contributed by atoms with Crippen molar-refractivity contribution in [3.8, 4) is 5.75 Å². The molecule has 0 heterocycles. The van der Waals surface area contributed by atoms with Gasteiger partial charge in [-0.05, 0) is 55.2 Å². The third-order valence-corrected chi connectivity index (χ3v) is 3.86. The first-order valence-electron chi connectivity index (χ1n) is 8.28. The van der Waals surface area contributed by atoms with Gasteiger partial charge in [-0.15, -0.1) is 0 Å². The summed E-state index contributed by atoms with van der Waals surface area (Å²) in [5, 5.41) is 36.6. The number of rotatable bonds is 12. The molecule has 0 aliphatic heterocycles. The lowest BCUT2D eigenvalue weighted by Gasteiger charge is -2.13. The van der Waals surface area contributed by atoms with E-state index in [1.54, 1.807) is 12.1 Å². The molecule has 0 aromatic heterocycles. The molecule has 4 N–H and O–H groups in total. The lowest BCUT2D eigenvalue weighted by atomic mass is 9.95. The van der Waals surface area contributed by atoms with E-state index in [0.717, 1.165) is 5.56 Å². The van der Waals surface area contributed by atoms with Crippen molar-refractivity contribution in [1.29, 1.82) is 0 Å². The van der Waals surface area contributed by atoms with Crippen LogP contribution in [0.4, 0.5) is 0 Å². The van der Waals surface area contributed by atoms with Crippen LogP contribution in [-0.4, -0.2) is 38.3 Å². The molecule has 138 valence electrons. The molecule has 7 nitrogen and oxygen atoms in total. The maximum atomic E-state index is 10.6. The first kappa shape index (κ1) is 20.5. The van der Waals surface area contributed by atoms with Crippen LogP contribution in [0.1, 0.15) is 55.2 Å². The van der Waals surface area contributed by atoms with E-state index in [4.69, 9.17) is 15.3 Å². The number of carbonyl (C=O) groups is 3. The van der Waals surface area contributed by atoms with Crippen molar-refractivity contribution in [2.24, 2.45) is 0 Å². The minimum Gasteiger partial charge on any atom is -0.507 e. The van der Waals surface area contributed by atoms with Gasteiger partial charge in [0, 0.05) is 19.3 Å². The molecule has 0 spiro atoms. The predicted octanol–water partition coefficient (Wildman–Crippen LogP) is 2.61. The number of phenols is 1. The lowest BCUT2D eigenvalue weighted by molar-refractivity contribution is -0.138. The molecule has 0 saturated carbocycles. The van der Waals surface area contributed by atoms with Crippen molar-refractivity contribution < 1.29 is 34.8 Å². The van der Waals surface area contributed by atoms with Gasteiger partial charge < -0.3 is 20.4 Å². The van der Waals surface area contributed by atoms with E-state index < -0.39 is 17.9 Å². The van der Waals surface area contributed by atoms with Crippen LogP contribution in [0, 0.1) is 0 Å². The Morgan fingerprint density at radius 1 is 0.680 bits per heavy atom. The third-order valence-electron chi connectivity index (χ3n) is 3.86. The Morgan fingerprint density at radius 3 is 1.40 bits per heavy atom. The highest BCUT2D eigenvalue weighted by atomic mass is 16.4. The number of aliphatic carboxylic acids is 3. The van der Waals surface area contributed by atoms with Crippen molar-refractivity contribution in [2.45, 2.75) is 57.8 Å². The Balaban J connectivity index is 2.88. The van der Waals surface area contributed by atoms with Gasteiger partial charge >= 0.3 is 17.9 Å². The second kappa shape index (κ2) is 10.3. The molecule has 0 atom stereocenters. The molecule has 1 aromatic rings. The summed E-state index contributed by atoms with van der Waals surface area (Å²) in [6.45, 7) is 0. The molecular weight excluding hydrogens is 328 g/mol. The van der Waals surface area contributed by atoms with Crippen LogP contribution in [0.15, 0.2) is 12.1 Å². The van der Waals surface area contributed by atoms with Crippen molar-refractivity contribution in [3.63, 3.8) is 0 Å². The second-order valence-corrected chi connectivity index (χ2v) is 6.00. The Kier molecular flexibility index (Phi) is 8.46. The van der Waals surface area contributed by atoms with Gasteiger partial charge in [-0.3, -0.25) is 14.4 Å². The summed E-state index contributed by atoms with van der Waals surface area (Å²) in [7, 11) is 0. The van der Waals surface area contributed by atoms with E-state index in [1.807, 2.05) is 0 Å². The van der Waals surface area contributed by atoms with Crippen molar-refractivity contribution in [2.75, 3.05) is 0 Å². The Bertz CT molecular complexity index is 581. The van der Waals surface area contributed by atoms with Crippen LogP contribution in [-0.2, 0) is 33.6 Å². The van der Waals surface area contributed by atoms with E-state index in [2.05, 4.69) is 0 Å². The zero-order valence-electron chi connectivity index (χ0n) is 14.0. The Hall–Kier alpha value is -2.57. The largest absolute Gasteiger partial charge is 0.507 e. The molecule has 0 amide bonds. The third kappa shape index (κ3) is 8.19. The van der Waals surface area contributed by atoms with E-state index in [1.165, 1.54) is 0 Å². The fourth-order valence-electron chi connectivity index (χ4n) is 2.66. The molecule has 0 fully saturated rings. The van der Waals surface area contributed by atoms with Crippen molar-refractivity contribution in [3.05, 3.63) is 28.8 Å². The Labute approximate surface area is 145 Å². The predicted molar refractivity (Wildman–Crippen MR) is 89.8 cm³/mol.